The fraction of sp³-hybridized carbons (Fsp3) is 0.333. The number of thiazole rings is 1. The highest BCUT2D eigenvalue weighted by Crippen LogP contribution is 2.40. The molecule has 2 heterocycles. The molecule has 1 saturated heterocycles. The van der Waals surface area contributed by atoms with Crippen LogP contribution in [-0.4, -0.2) is 21.8 Å². The van der Waals surface area contributed by atoms with Crippen molar-refractivity contribution in [2.45, 2.75) is 24.5 Å². The van der Waals surface area contributed by atoms with Crippen LogP contribution < -0.4 is 0 Å². The number of thioether (sulfide) groups is 1. The average Bonchev–Trinajstić information content (AvgIpc) is 2.98. The Kier molecular flexibility index (Phi) is 4.08. The van der Waals surface area contributed by atoms with Crippen molar-refractivity contribution in [1.29, 1.82) is 0 Å². The van der Waals surface area contributed by atoms with E-state index in [2.05, 4.69) is 5.38 Å². The molecule has 0 amide bonds. The third-order valence-electron chi connectivity index (χ3n) is 3.40. The van der Waals surface area contributed by atoms with E-state index in [1.54, 1.807) is 23.5 Å². The van der Waals surface area contributed by atoms with Crippen molar-refractivity contribution in [2.24, 2.45) is 0 Å². The molecule has 1 aromatic heterocycles. The van der Waals surface area contributed by atoms with E-state index in [-0.39, 0.29) is 0 Å². The van der Waals surface area contributed by atoms with Gasteiger partial charge in [-0.2, -0.15) is 11.8 Å². The molecular weight excluding hydrogens is 290 g/mol. The highest BCUT2D eigenvalue weighted by molar-refractivity contribution is 7.99. The fourth-order valence-corrected chi connectivity index (χ4v) is 4.68. The predicted molar refractivity (Wildman–Crippen MR) is 83.6 cm³/mol. The maximum Gasteiger partial charge on any atom is 0.335 e. The van der Waals surface area contributed by atoms with E-state index in [1.807, 2.05) is 23.9 Å². The third kappa shape index (κ3) is 2.88. The summed E-state index contributed by atoms with van der Waals surface area (Å²) in [5, 5.41) is 12.7. The Labute approximate surface area is 126 Å². The molecule has 1 N–H and O–H groups in total. The predicted octanol–water partition coefficient (Wildman–Crippen LogP) is 4.47. The van der Waals surface area contributed by atoms with Crippen molar-refractivity contribution in [3.05, 3.63) is 40.2 Å². The second kappa shape index (κ2) is 5.97. The third-order valence-corrected chi connectivity index (χ3v) is 5.90. The largest absolute Gasteiger partial charge is 0.478 e. The Morgan fingerprint density at radius 2 is 2.05 bits per heavy atom. The summed E-state index contributed by atoms with van der Waals surface area (Å²) in [6.45, 7) is 0. The first-order valence-electron chi connectivity index (χ1n) is 6.65. The number of carboxylic acids is 1. The zero-order chi connectivity index (χ0) is 13.9. The maximum atomic E-state index is 10.8. The van der Waals surface area contributed by atoms with Gasteiger partial charge in [0.15, 0.2) is 0 Å². The van der Waals surface area contributed by atoms with E-state index in [4.69, 9.17) is 10.1 Å². The lowest BCUT2D eigenvalue weighted by Gasteiger charge is -2.18. The van der Waals surface area contributed by atoms with Crippen LogP contribution in [0.5, 0.6) is 0 Å². The number of benzene rings is 1. The van der Waals surface area contributed by atoms with Crippen LogP contribution in [0.1, 0.15) is 39.9 Å². The van der Waals surface area contributed by atoms with E-state index in [0.29, 0.717) is 10.8 Å². The van der Waals surface area contributed by atoms with Gasteiger partial charge < -0.3 is 5.11 Å². The summed E-state index contributed by atoms with van der Waals surface area (Å²) in [4.78, 5) is 15.6. The quantitative estimate of drug-likeness (QED) is 0.909. The van der Waals surface area contributed by atoms with E-state index >= 15 is 0 Å². The molecule has 3 nitrogen and oxygen atoms in total. The zero-order valence-corrected chi connectivity index (χ0v) is 12.5. The van der Waals surface area contributed by atoms with Gasteiger partial charge in [-0.25, -0.2) is 9.78 Å². The summed E-state index contributed by atoms with van der Waals surface area (Å²) in [5.41, 5.74) is 2.25. The highest BCUT2D eigenvalue weighted by Gasteiger charge is 2.19. The first-order chi connectivity index (χ1) is 9.74. The lowest BCUT2D eigenvalue weighted by molar-refractivity contribution is 0.0697. The Morgan fingerprint density at radius 1 is 1.25 bits per heavy atom. The van der Waals surface area contributed by atoms with Crippen molar-refractivity contribution in [3.8, 4) is 11.3 Å². The molecule has 5 heteroatoms. The van der Waals surface area contributed by atoms with Gasteiger partial charge in [-0.1, -0.05) is 18.6 Å². The number of nitrogens with zero attached hydrogens (tertiary/aromatic N) is 1. The molecule has 1 aromatic carbocycles. The molecule has 1 aliphatic rings. The maximum absolute atomic E-state index is 10.8. The van der Waals surface area contributed by atoms with Crippen LogP contribution >= 0.6 is 23.1 Å². The van der Waals surface area contributed by atoms with E-state index in [1.165, 1.54) is 30.0 Å². The topological polar surface area (TPSA) is 50.2 Å². The molecule has 1 atom stereocenters. The normalized spacial score (nSPS) is 18.9. The first-order valence-corrected chi connectivity index (χ1v) is 8.57. The SMILES string of the molecule is O=C(O)c1ccc(-c2csc(C3CCCCS3)n2)cc1. The zero-order valence-electron chi connectivity index (χ0n) is 10.9. The molecule has 1 unspecified atom stereocenters. The molecule has 1 aliphatic heterocycles. The molecule has 3 rings (SSSR count). The van der Waals surface area contributed by atoms with Crippen LogP contribution in [0.15, 0.2) is 29.6 Å². The van der Waals surface area contributed by atoms with Gasteiger partial charge in [0.25, 0.3) is 0 Å². The standard InChI is InChI=1S/C15H15NO2S2/c17-15(18)11-6-4-10(5-7-11)12-9-20-14(16-12)13-3-1-2-8-19-13/h4-7,9,13H,1-3,8H2,(H,17,18). The Balaban J connectivity index is 1.80. The van der Waals surface area contributed by atoms with E-state index in [9.17, 15) is 4.79 Å². The molecule has 1 fully saturated rings. The lowest BCUT2D eigenvalue weighted by Crippen LogP contribution is -2.01. The van der Waals surface area contributed by atoms with Gasteiger partial charge in [0, 0.05) is 10.9 Å². The second-order valence-electron chi connectivity index (χ2n) is 4.81. The van der Waals surface area contributed by atoms with Crippen molar-refractivity contribution < 1.29 is 9.90 Å². The first kappa shape index (κ1) is 13.6. The fourth-order valence-electron chi connectivity index (χ4n) is 2.29. The van der Waals surface area contributed by atoms with Gasteiger partial charge in [-0.3, -0.25) is 0 Å². The van der Waals surface area contributed by atoms with Crippen LogP contribution in [0.2, 0.25) is 0 Å². The van der Waals surface area contributed by atoms with Crippen molar-refractivity contribution >= 4 is 29.1 Å². The van der Waals surface area contributed by atoms with Crippen LogP contribution in [0.25, 0.3) is 11.3 Å². The van der Waals surface area contributed by atoms with Gasteiger partial charge >= 0.3 is 5.97 Å². The minimum atomic E-state index is -0.894. The molecular formula is C15H15NO2S2. The van der Waals surface area contributed by atoms with Crippen LogP contribution in [0.4, 0.5) is 0 Å². The summed E-state index contributed by atoms with van der Waals surface area (Å²) >= 11 is 3.71. The number of aromatic nitrogens is 1. The van der Waals surface area contributed by atoms with E-state index in [0.717, 1.165) is 11.3 Å². The summed E-state index contributed by atoms with van der Waals surface area (Å²) in [7, 11) is 0. The van der Waals surface area contributed by atoms with Crippen LogP contribution in [-0.2, 0) is 0 Å². The van der Waals surface area contributed by atoms with Crippen LogP contribution in [0.3, 0.4) is 0 Å². The second-order valence-corrected chi connectivity index (χ2v) is 7.01. The molecule has 20 heavy (non-hydrogen) atoms. The van der Waals surface area contributed by atoms with Crippen molar-refractivity contribution in [2.75, 3.05) is 5.75 Å². The van der Waals surface area contributed by atoms with Crippen molar-refractivity contribution in [1.82, 2.24) is 4.98 Å². The molecule has 0 bridgehead atoms. The number of hydrogen-bond donors (Lipinski definition) is 1. The number of rotatable bonds is 3. The molecule has 0 radical (unpaired) electrons. The number of carbonyl (C=O) groups is 1. The monoisotopic (exact) mass is 305 g/mol. The molecule has 2 aromatic rings. The lowest BCUT2D eigenvalue weighted by atomic mass is 10.1. The smallest absolute Gasteiger partial charge is 0.335 e. The Hall–Kier alpha value is -1.33. The Bertz CT molecular complexity index is 601. The van der Waals surface area contributed by atoms with Crippen LogP contribution in [0, 0.1) is 0 Å². The average molecular weight is 305 g/mol. The molecule has 0 saturated carbocycles. The summed E-state index contributed by atoms with van der Waals surface area (Å²) in [6, 6.07) is 6.92. The molecule has 104 valence electrons. The van der Waals surface area contributed by atoms with Gasteiger partial charge in [0.05, 0.1) is 16.5 Å². The van der Waals surface area contributed by atoms with Gasteiger partial charge in [-0.15, -0.1) is 11.3 Å². The van der Waals surface area contributed by atoms with E-state index < -0.39 is 5.97 Å². The van der Waals surface area contributed by atoms with Gasteiger partial charge in [-0.05, 0) is 30.7 Å². The van der Waals surface area contributed by atoms with Gasteiger partial charge in [0.2, 0.25) is 0 Å². The summed E-state index contributed by atoms with van der Waals surface area (Å²) in [6.07, 6.45) is 3.82. The number of aromatic carboxylic acids is 1. The number of hydrogen-bond acceptors (Lipinski definition) is 4. The minimum Gasteiger partial charge on any atom is -0.478 e. The highest BCUT2D eigenvalue weighted by atomic mass is 32.2. The number of carboxylic acid groups (broad SMARTS) is 1. The Morgan fingerprint density at radius 3 is 2.70 bits per heavy atom. The van der Waals surface area contributed by atoms with Gasteiger partial charge in [0.1, 0.15) is 5.01 Å². The summed E-state index contributed by atoms with van der Waals surface area (Å²) in [5.74, 6) is 0.335. The molecule has 0 aliphatic carbocycles. The minimum absolute atomic E-state index is 0.312. The summed E-state index contributed by atoms with van der Waals surface area (Å²) < 4.78 is 0. The van der Waals surface area contributed by atoms with Crippen molar-refractivity contribution in [3.63, 3.8) is 0 Å². The molecule has 0 spiro atoms.